The van der Waals surface area contributed by atoms with Gasteiger partial charge in [0.15, 0.2) is 0 Å². The Balaban J connectivity index is 1.35. The maximum Gasteiger partial charge on any atom is 0.250 e. The lowest BCUT2D eigenvalue weighted by Gasteiger charge is -2.39. The standard InChI is InChI=1S/C22H30N8/c1-3-7-17(8-4-1)23-20-25-21(24-18-9-5-2-6-10-18)27-22(26-20)29-28-19-15-30-13-11-16(19)12-14-30/h1,3-4,7-8,16,18H,2,5-6,9-15H2,(H3,23,24,25,26,27,29)/b28-19-. The maximum absolute atomic E-state index is 4.69. The number of aromatic nitrogens is 3. The summed E-state index contributed by atoms with van der Waals surface area (Å²) in [7, 11) is 0. The summed E-state index contributed by atoms with van der Waals surface area (Å²) >= 11 is 0. The predicted molar refractivity (Wildman–Crippen MR) is 120 cm³/mol. The number of para-hydroxylation sites is 1. The summed E-state index contributed by atoms with van der Waals surface area (Å²) in [6.07, 6.45) is 8.56. The molecule has 158 valence electrons. The molecule has 0 unspecified atom stereocenters. The zero-order chi connectivity index (χ0) is 20.2. The fraction of sp³-hybridized carbons (Fsp3) is 0.545. The number of anilines is 4. The van der Waals surface area contributed by atoms with E-state index in [1.165, 1.54) is 50.9 Å². The Morgan fingerprint density at radius 2 is 1.57 bits per heavy atom. The van der Waals surface area contributed by atoms with Crippen LogP contribution in [0.15, 0.2) is 35.4 Å². The topological polar surface area (TPSA) is 90.4 Å². The van der Waals surface area contributed by atoms with Crippen LogP contribution in [0.4, 0.5) is 23.5 Å². The number of hydrazone groups is 1. The summed E-state index contributed by atoms with van der Waals surface area (Å²) in [5.41, 5.74) is 5.28. The largest absolute Gasteiger partial charge is 0.351 e. The van der Waals surface area contributed by atoms with E-state index in [4.69, 9.17) is 0 Å². The van der Waals surface area contributed by atoms with Crippen LogP contribution < -0.4 is 16.1 Å². The first kappa shape index (κ1) is 19.2. The van der Waals surface area contributed by atoms with E-state index in [0.29, 0.717) is 29.8 Å². The molecule has 2 aromatic rings. The Hall–Kier alpha value is -2.74. The second-order valence-electron chi connectivity index (χ2n) is 8.54. The van der Waals surface area contributed by atoms with E-state index in [9.17, 15) is 0 Å². The molecule has 1 aromatic carbocycles. The van der Waals surface area contributed by atoms with Gasteiger partial charge in [-0.2, -0.15) is 20.1 Å². The molecule has 0 spiro atoms. The van der Waals surface area contributed by atoms with Crippen LogP contribution in [-0.4, -0.2) is 51.2 Å². The molecule has 4 heterocycles. The Kier molecular flexibility index (Phi) is 5.74. The number of hydrogen-bond donors (Lipinski definition) is 3. The van der Waals surface area contributed by atoms with Crippen molar-refractivity contribution in [2.75, 3.05) is 35.7 Å². The summed E-state index contributed by atoms with van der Waals surface area (Å²) in [6.45, 7) is 3.33. The van der Waals surface area contributed by atoms with Gasteiger partial charge in [-0.3, -0.25) is 4.90 Å². The normalized spacial score (nSPS) is 25.3. The van der Waals surface area contributed by atoms with E-state index in [0.717, 1.165) is 25.1 Å². The molecular formula is C22H30N8. The molecule has 30 heavy (non-hydrogen) atoms. The average molecular weight is 407 g/mol. The van der Waals surface area contributed by atoms with Gasteiger partial charge in [-0.05, 0) is 50.9 Å². The van der Waals surface area contributed by atoms with Crippen molar-refractivity contribution in [1.82, 2.24) is 19.9 Å². The first-order valence-electron chi connectivity index (χ1n) is 11.2. The third-order valence-corrected chi connectivity index (χ3v) is 6.35. The highest BCUT2D eigenvalue weighted by Gasteiger charge is 2.30. The number of rotatable bonds is 6. The summed E-state index contributed by atoms with van der Waals surface area (Å²) in [5, 5.41) is 11.5. The molecule has 2 bridgehead atoms. The fourth-order valence-electron chi connectivity index (χ4n) is 4.66. The van der Waals surface area contributed by atoms with E-state index < -0.39 is 0 Å². The van der Waals surface area contributed by atoms with Crippen molar-refractivity contribution in [3.8, 4) is 0 Å². The molecule has 1 aliphatic carbocycles. The smallest absolute Gasteiger partial charge is 0.250 e. The van der Waals surface area contributed by atoms with Crippen molar-refractivity contribution in [3.05, 3.63) is 30.3 Å². The van der Waals surface area contributed by atoms with Crippen LogP contribution >= 0.6 is 0 Å². The number of piperidine rings is 3. The average Bonchev–Trinajstić information content (AvgIpc) is 2.80. The minimum absolute atomic E-state index is 0.423. The number of hydrogen-bond acceptors (Lipinski definition) is 8. The zero-order valence-corrected chi connectivity index (χ0v) is 17.3. The summed E-state index contributed by atoms with van der Waals surface area (Å²) in [5.74, 6) is 2.19. The fourth-order valence-corrected chi connectivity index (χ4v) is 4.66. The van der Waals surface area contributed by atoms with Gasteiger partial charge < -0.3 is 10.6 Å². The van der Waals surface area contributed by atoms with Crippen molar-refractivity contribution in [1.29, 1.82) is 0 Å². The second kappa shape index (κ2) is 8.95. The minimum Gasteiger partial charge on any atom is -0.351 e. The molecule has 1 aromatic heterocycles. The van der Waals surface area contributed by atoms with Crippen molar-refractivity contribution >= 4 is 29.2 Å². The monoisotopic (exact) mass is 406 g/mol. The van der Waals surface area contributed by atoms with Crippen LogP contribution in [0.25, 0.3) is 0 Å². The van der Waals surface area contributed by atoms with Crippen LogP contribution in [0, 0.1) is 5.92 Å². The maximum atomic E-state index is 4.69. The van der Waals surface area contributed by atoms with E-state index in [1.54, 1.807) is 0 Å². The highest BCUT2D eigenvalue weighted by atomic mass is 15.4. The van der Waals surface area contributed by atoms with E-state index >= 15 is 0 Å². The van der Waals surface area contributed by atoms with Gasteiger partial charge in [0.25, 0.3) is 0 Å². The van der Waals surface area contributed by atoms with Gasteiger partial charge in [0.1, 0.15) is 0 Å². The van der Waals surface area contributed by atoms with E-state index in [-0.39, 0.29) is 0 Å². The van der Waals surface area contributed by atoms with Gasteiger partial charge in [-0.25, -0.2) is 5.43 Å². The quantitative estimate of drug-likeness (QED) is 0.628. The van der Waals surface area contributed by atoms with Gasteiger partial charge in [0.2, 0.25) is 17.8 Å². The molecule has 0 atom stereocenters. The highest BCUT2D eigenvalue weighted by Crippen LogP contribution is 2.26. The molecule has 1 saturated carbocycles. The van der Waals surface area contributed by atoms with Crippen molar-refractivity contribution in [2.45, 2.75) is 51.0 Å². The molecule has 4 fully saturated rings. The molecule has 0 amide bonds. The molecule has 8 nitrogen and oxygen atoms in total. The molecule has 4 aliphatic rings. The molecule has 6 rings (SSSR count). The van der Waals surface area contributed by atoms with Crippen LogP contribution in [0.5, 0.6) is 0 Å². The van der Waals surface area contributed by atoms with Crippen LogP contribution in [0.2, 0.25) is 0 Å². The predicted octanol–water partition coefficient (Wildman–Crippen LogP) is 3.85. The lowest BCUT2D eigenvalue weighted by atomic mass is 9.87. The van der Waals surface area contributed by atoms with Crippen LogP contribution in [0.3, 0.4) is 0 Å². The van der Waals surface area contributed by atoms with Gasteiger partial charge in [0, 0.05) is 24.2 Å². The van der Waals surface area contributed by atoms with Crippen molar-refractivity contribution in [3.63, 3.8) is 0 Å². The summed E-state index contributed by atoms with van der Waals surface area (Å²) < 4.78 is 0. The molecule has 3 saturated heterocycles. The van der Waals surface area contributed by atoms with Crippen LogP contribution in [-0.2, 0) is 0 Å². The number of nitrogens with zero attached hydrogens (tertiary/aromatic N) is 5. The van der Waals surface area contributed by atoms with Gasteiger partial charge in [-0.1, -0.05) is 37.5 Å². The first-order chi connectivity index (χ1) is 14.8. The summed E-state index contributed by atoms with van der Waals surface area (Å²) in [4.78, 5) is 16.3. The Morgan fingerprint density at radius 3 is 2.30 bits per heavy atom. The van der Waals surface area contributed by atoms with Crippen LogP contribution in [0.1, 0.15) is 44.9 Å². The Morgan fingerprint density at radius 1 is 0.833 bits per heavy atom. The SMILES string of the molecule is c1ccc(Nc2nc(N/N=C3/CN4CCC3CC4)nc(NC3CCCCC3)n2)cc1. The van der Waals surface area contributed by atoms with E-state index in [1.807, 2.05) is 30.3 Å². The molecule has 3 aliphatic heterocycles. The first-order valence-corrected chi connectivity index (χ1v) is 11.2. The molecule has 8 heteroatoms. The molecule has 0 radical (unpaired) electrons. The minimum atomic E-state index is 0.423. The van der Waals surface area contributed by atoms with Crippen molar-refractivity contribution in [2.24, 2.45) is 11.0 Å². The third-order valence-electron chi connectivity index (χ3n) is 6.35. The van der Waals surface area contributed by atoms with Gasteiger partial charge in [-0.15, -0.1) is 0 Å². The lowest BCUT2D eigenvalue weighted by Crippen LogP contribution is -2.48. The van der Waals surface area contributed by atoms with Crippen molar-refractivity contribution < 1.29 is 0 Å². The molecule has 3 N–H and O–H groups in total. The molecular weight excluding hydrogens is 376 g/mol. The number of nitrogens with one attached hydrogen (secondary N) is 3. The van der Waals surface area contributed by atoms with Gasteiger partial charge in [0.05, 0.1) is 5.71 Å². The number of benzene rings is 1. The third kappa shape index (κ3) is 4.70. The summed E-state index contributed by atoms with van der Waals surface area (Å²) in [6, 6.07) is 10.4. The lowest BCUT2D eigenvalue weighted by molar-refractivity contribution is 0.200. The van der Waals surface area contributed by atoms with E-state index in [2.05, 4.69) is 41.0 Å². The Labute approximate surface area is 177 Å². The van der Waals surface area contributed by atoms with Gasteiger partial charge >= 0.3 is 0 Å². The highest BCUT2D eigenvalue weighted by molar-refractivity contribution is 5.90. The Bertz CT molecular complexity index is 870. The number of fused-ring (bicyclic) bond motifs is 3. The zero-order valence-electron chi connectivity index (χ0n) is 17.3. The second-order valence-corrected chi connectivity index (χ2v) is 8.54.